The van der Waals surface area contributed by atoms with Crippen molar-refractivity contribution in [3.05, 3.63) is 59.1 Å². The molecule has 7 heteroatoms. The van der Waals surface area contributed by atoms with Gasteiger partial charge in [-0.2, -0.15) is 0 Å². The van der Waals surface area contributed by atoms with E-state index in [1.54, 1.807) is 11.6 Å². The van der Waals surface area contributed by atoms with Gasteiger partial charge in [0, 0.05) is 17.7 Å². The van der Waals surface area contributed by atoms with Crippen LogP contribution in [0.1, 0.15) is 15.9 Å². The molecule has 6 nitrogen and oxygen atoms in total. The third-order valence-corrected chi connectivity index (χ3v) is 5.08. The molecule has 0 saturated carbocycles. The first-order valence-electron chi connectivity index (χ1n) is 7.94. The maximum Gasteiger partial charge on any atom is 0.258 e. The standard InChI is InChI=1S/C18H13N5OS/c24-17(11-5-6-14-15(9-11)25-10-20-14)22-18-21-13-4-2-1-3-12(13)16-19-7-8-23(16)18/h1-6,9-10H,7-8H2,(H,21,22,24). The molecule has 2 aliphatic heterocycles. The summed E-state index contributed by atoms with van der Waals surface area (Å²) in [4.78, 5) is 28.1. The number of aliphatic imine (C=N–C) groups is 2. The Kier molecular flexibility index (Phi) is 3.14. The molecule has 0 radical (unpaired) electrons. The van der Waals surface area contributed by atoms with Gasteiger partial charge in [0.1, 0.15) is 5.84 Å². The van der Waals surface area contributed by atoms with E-state index in [-0.39, 0.29) is 5.91 Å². The first-order valence-corrected chi connectivity index (χ1v) is 8.82. The van der Waals surface area contributed by atoms with Gasteiger partial charge >= 0.3 is 0 Å². The number of carbonyl (C=O) groups excluding carboxylic acids is 1. The molecule has 1 N–H and O–H groups in total. The van der Waals surface area contributed by atoms with E-state index in [1.807, 2.05) is 41.3 Å². The predicted octanol–water partition coefficient (Wildman–Crippen LogP) is 2.79. The quantitative estimate of drug-likeness (QED) is 0.736. The maximum atomic E-state index is 12.7. The number of nitrogens with one attached hydrogen (secondary N) is 1. The number of amidine groups is 1. The fraction of sp³-hybridized carbons (Fsp3) is 0.111. The summed E-state index contributed by atoms with van der Waals surface area (Å²) in [5.74, 6) is 1.22. The van der Waals surface area contributed by atoms with E-state index >= 15 is 0 Å². The van der Waals surface area contributed by atoms with Crippen molar-refractivity contribution in [1.82, 2.24) is 15.2 Å². The molecule has 0 bridgehead atoms. The smallest absolute Gasteiger partial charge is 0.258 e. The molecule has 3 heterocycles. The second-order valence-corrected chi connectivity index (χ2v) is 6.68. The molecule has 2 aromatic carbocycles. The van der Waals surface area contributed by atoms with E-state index < -0.39 is 0 Å². The average Bonchev–Trinajstić information content (AvgIpc) is 3.30. The summed E-state index contributed by atoms with van der Waals surface area (Å²) in [7, 11) is 0. The topological polar surface area (TPSA) is 70.0 Å². The van der Waals surface area contributed by atoms with Gasteiger partial charge in [-0.15, -0.1) is 11.3 Å². The molecule has 0 saturated heterocycles. The zero-order valence-corrected chi connectivity index (χ0v) is 14.0. The third-order valence-electron chi connectivity index (χ3n) is 4.29. The minimum Gasteiger partial charge on any atom is -0.294 e. The van der Waals surface area contributed by atoms with Gasteiger partial charge in [0.2, 0.25) is 5.96 Å². The van der Waals surface area contributed by atoms with E-state index in [0.29, 0.717) is 18.1 Å². The van der Waals surface area contributed by atoms with E-state index in [2.05, 4.69) is 20.3 Å². The molecule has 2 aliphatic rings. The number of guanidine groups is 1. The monoisotopic (exact) mass is 347 g/mol. The SMILES string of the molecule is O=C(NC1=Nc2ccccc2C2=NCCN12)c1ccc2ncsc2c1. The van der Waals surface area contributed by atoms with Crippen molar-refractivity contribution in [1.29, 1.82) is 0 Å². The van der Waals surface area contributed by atoms with Crippen LogP contribution >= 0.6 is 11.3 Å². The van der Waals surface area contributed by atoms with Crippen LogP contribution in [0.4, 0.5) is 5.69 Å². The summed E-state index contributed by atoms with van der Waals surface area (Å²) in [5, 5.41) is 2.94. The van der Waals surface area contributed by atoms with Crippen molar-refractivity contribution in [2.75, 3.05) is 13.1 Å². The van der Waals surface area contributed by atoms with Crippen LogP contribution in [0, 0.1) is 0 Å². The van der Waals surface area contributed by atoms with Crippen molar-refractivity contribution < 1.29 is 4.79 Å². The highest BCUT2D eigenvalue weighted by atomic mass is 32.1. The van der Waals surface area contributed by atoms with Gasteiger partial charge in [0.15, 0.2) is 0 Å². The van der Waals surface area contributed by atoms with Crippen LogP contribution < -0.4 is 5.32 Å². The molecule has 5 rings (SSSR count). The summed E-state index contributed by atoms with van der Waals surface area (Å²) in [6.45, 7) is 1.42. The highest BCUT2D eigenvalue weighted by molar-refractivity contribution is 7.16. The lowest BCUT2D eigenvalue weighted by Crippen LogP contribution is -2.47. The Bertz CT molecular complexity index is 1070. The highest BCUT2D eigenvalue weighted by Gasteiger charge is 2.30. The van der Waals surface area contributed by atoms with Gasteiger partial charge in [-0.05, 0) is 30.3 Å². The molecule has 1 aromatic heterocycles. The summed E-state index contributed by atoms with van der Waals surface area (Å²) < 4.78 is 0.993. The molecule has 3 aromatic rings. The van der Waals surface area contributed by atoms with Crippen LogP contribution in [0.2, 0.25) is 0 Å². The third kappa shape index (κ3) is 2.32. The van der Waals surface area contributed by atoms with Gasteiger partial charge in [-0.3, -0.25) is 20.0 Å². The normalized spacial score (nSPS) is 15.4. The Morgan fingerprint density at radius 3 is 3.08 bits per heavy atom. The first-order chi connectivity index (χ1) is 12.3. The van der Waals surface area contributed by atoms with Crippen LogP contribution in [0.5, 0.6) is 0 Å². The minimum atomic E-state index is -0.181. The van der Waals surface area contributed by atoms with Crippen LogP contribution in [-0.2, 0) is 0 Å². The van der Waals surface area contributed by atoms with Crippen molar-refractivity contribution in [2.24, 2.45) is 9.98 Å². The number of carbonyl (C=O) groups is 1. The van der Waals surface area contributed by atoms with Crippen molar-refractivity contribution in [2.45, 2.75) is 0 Å². The highest BCUT2D eigenvalue weighted by Crippen LogP contribution is 2.28. The Hall–Kier alpha value is -3.06. The van der Waals surface area contributed by atoms with Crippen LogP contribution in [0.25, 0.3) is 10.2 Å². The molecule has 0 aliphatic carbocycles. The number of para-hydroxylation sites is 1. The number of benzene rings is 2. The maximum absolute atomic E-state index is 12.7. The Morgan fingerprint density at radius 1 is 1.20 bits per heavy atom. The van der Waals surface area contributed by atoms with E-state index in [1.165, 1.54) is 11.3 Å². The average molecular weight is 347 g/mol. The number of aromatic nitrogens is 1. The Balaban J connectivity index is 1.50. The molecule has 0 atom stereocenters. The molecule has 0 unspecified atom stereocenters. The van der Waals surface area contributed by atoms with E-state index in [4.69, 9.17) is 0 Å². The molecular formula is C18H13N5OS. The summed E-state index contributed by atoms with van der Waals surface area (Å²) in [6, 6.07) is 13.4. The van der Waals surface area contributed by atoms with Gasteiger partial charge in [-0.25, -0.2) is 9.98 Å². The lowest BCUT2D eigenvalue weighted by Gasteiger charge is -2.27. The summed E-state index contributed by atoms with van der Waals surface area (Å²) >= 11 is 1.52. The van der Waals surface area contributed by atoms with E-state index in [0.717, 1.165) is 33.8 Å². The van der Waals surface area contributed by atoms with Gasteiger partial charge in [0.05, 0.1) is 28.0 Å². The largest absolute Gasteiger partial charge is 0.294 e. The zero-order chi connectivity index (χ0) is 16.8. The molecular weight excluding hydrogens is 334 g/mol. The first kappa shape index (κ1) is 14.3. The summed E-state index contributed by atoms with van der Waals surface area (Å²) in [6.07, 6.45) is 0. The summed E-state index contributed by atoms with van der Waals surface area (Å²) in [5.41, 5.74) is 5.11. The minimum absolute atomic E-state index is 0.181. The Labute approximate surface area is 147 Å². The molecule has 0 spiro atoms. The van der Waals surface area contributed by atoms with Gasteiger partial charge < -0.3 is 0 Å². The molecule has 25 heavy (non-hydrogen) atoms. The van der Waals surface area contributed by atoms with Crippen molar-refractivity contribution in [3.63, 3.8) is 0 Å². The van der Waals surface area contributed by atoms with Crippen molar-refractivity contribution >= 4 is 44.9 Å². The second-order valence-electron chi connectivity index (χ2n) is 5.80. The zero-order valence-electron chi connectivity index (χ0n) is 13.1. The number of amides is 1. The molecule has 0 fully saturated rings. The van der Waals surface area contributed by atoms with Gasteiger partial charge in [-0.1, -0.05) is 12.1 Å². The fourth-order valence-corrected chi connectivity index (χ4v) is 3.80. The number of thiazole rings is 1. The second kappa shape index (κ2) is 5.49. The van der Waals surface area contributed by atoms with Crippen LogP contribution in [0.15, 0.2) is 58.0 Å². The van der Waals surface area contributed by atoms with Gasteiger partial charge in [0.25, 0.3) is 5.91 Å². The number of hydrogen-bond acceptors (Lipinski definition) is 6. The lowest BCUT2D eigenvalue weighted by molar-refractivity contribution is 0.0974. The Morgan fingerprint density at radius 2 is 2.12 bits per heavy atom. The van der Waals surface area contributed by atoms with E-state index in [9.17, 15) is 4.79 Å². The van der Waals surface area contributed by atoms with Crippen LogP contribution in [-0.4, -0.2) is 40.7 Å². The molecule has 1 amide bonds. The number of nitrogens with zero attached hydrogens (tertiary/aromatic N) is 4. The van der Waals surface area contributed by atoms with Crippen molar-refractivity contribution in [3.8, 4) is 0 Å². The predicted molar refractivity (Wildman–Crippen MR) is 98.7 cm³/mol. The number of hydrogen-bond donors (Lipinski definition) is 1. The fourth-order valence-electron chi connectivity index (χ4n) is 3.08. The molecule has 122 valence electrons. The lowest BCUT2D eigenvalue weighted by atomic mass is 10.1. The number of rotatable bonds is 1. The van der Waals surface area contributed by atoms with Crippen LogP contribution in [0.3, 0.4) is 0 Å². The number of fused-ring (bicyclic) bond motifs is 4.